The van der Waals surface area contributed by atoms with E-state index in [1.807, 2.05) is 12.1 Å². The molecule has 1 amide bonds. The quantitative estimate of drug-likeness (QED) is 0.646. The van der Waals surface area contributed by atoms with Gasteiger partial charge in [-0.15, -0.1) is 0 Å². The van der Waals surface area contributed by atoms with Gasteiger partial charge in [0.05, 0.1) is 18.9 Å². The van der Waals surface area contributed by atoms with E-state index in [-0.39, 0.29) is 28.8 Å². The number of nitrogens with one attached hydrogen (secondary N) is 1. The number of furan rings is 1. The molecule has 4 saturated carbocycles. The zero-order valence-electron chi connectivity index (χ0n) is 20.5. The molecule has 2 N–H and O–H groups in total. The Hall–Kier alpha value is -1.62. The van der Waals surface area contributed by atoms with Gasteiger partial charge >= 0.3 is 0 Å². The molecule has 1 heterocycles. The number of carbonyl (C=O) groups excluding carboxylic acids is 2. The number of hydrogen-bond donors (Lipinski definition) is 2. The van der Waals surface area contributed by atoms with Gasteiger partial charge in [-0.1, -0.05) is 20.8 Å². The van der Waals surface area contributed by atoms with Crippen LogP contribution in [-0.2, 0) is 16.1 Å². The van der Waals surface area contributed by atoms with Crippen molar-refractivity contribution in [3.8, 4) is 0 Å². The number of fused-ring (bicyclic) bond motifs is 5. The molecule has 5 heteroatoms. The van der Waals surface area contributed by atoms with Gasteiger partial charge in [0.1, 0.15) is 11.5 Å². The van der Waals surface area contributed by atoms with E-state index in [9.17, 15) is 14.7 Å². The van der Waals surface area contributed by atoms with E-state index >= 15 is 0 Å². The second kappa shape index (κ2) is 8.55. The van der Waals surface area contributed by atoms with Crippen LogP contribution in [0.1, 0.15) is 84.3 Å². The third-order valence-corrected chi connectivity index (χ3v) is 10.7. The summed E-state index contributed by atoms with van der Waals surface area (Å²) in [6.45, 7) is 7.53. The van der Waals surface area contributed by atoms with E-state index in [0.717, 1.165) is 44.3 Å². The predicted molar refractivity (Wildman–Crippen MR) is 126 cm³/mol. The molecule has 0 radical (unpaired) electrons. The summed E-state index contributed by atoms with van der Waals surface area (Å²) in [7, 11) is 0. The normalized spacial score (nSPS) is 43.3. The minimum atomic E-state index is -0.225. The standard InChI is InChI=1S/C28H41NO4/c1-17(13-25(32)29-16-20-5-4-12-33-20)21-6-7-22-26-23(9-11-28(21,22)3)27(2)10-8-19(30)14-18(27)15-24(26)31/h4-5,12,17-19,21-23,26,30H,6-11,13-16H2,1-3H3,(H,29,32)/t17-,18?,19-,21?,22+,23+,26?,27?,28?/m1/s1. The fourth-order valence-corrected chi connectivity index (χ4v) is 8.99. The van der Waals surface area contributed by atoms with Crippen LogP contribution in [0, 0.1) is 46.3 Å². The lowest BCUT2D eigenvalue weighted by Crippen LogP contribution is -2.57. The molecule has 9 atom stereocenters. The summed E-state index contributed by atoms with van der Waals surface area (Å²) in [5.74, 6) is 3.59. The van der Waals surface area contributed by atoms with Crippen LogP contribution in [0.2, 0.25) is 0 Å². The van der Waals surface area contributed by atoms with Crippen molar-refractivity contribution in [2.45, 2.75) is 91.2 Å². The number of rotatable bonds is 5. The van der Waals surface area contributed by atoms with E-state index in [2.05, 4.69) is 26.1 Å². The third-order valence-electron chi connectivity index (χ3n) is 10.7. The summed E-state index contributed by atoms with van der Waals surface area (Å²) < 4.78 is 5.33. The van der Waals surface area contributed by atoms with Crippen LogP contribution in [0.3, 0.4) is 0 Å². The van der Waals surface area contributed by atoms with Crippen LogP contribution < -0.4 is 5.32 Å². The van der Waals surface area contributed by atoms with E-state index in [1.165, 1.54) is 6.42 Å². The Labute approximate surface area is 198 Å². The molecular formula is C28H41NO4. The zero-order valence-corrected chi connectivity index (χ0v) is 20.5. The molecule has 0 aliphatic heterocycles. The maximum atomic E-state index is 13.5. The van der Waals surface area contributed by atoms with Crippen molar-refractivity contribution in [3.05, 3.63) is 24.2 Å². The molecule has 4 aliphatic rings. The second-order valence-electron chi connectivity index (χ2n) is 12.3. The van der Waals surface area contributed by atoms with Crippen molar-refractivity contribution < 1.29 is 19.1 Å². The van der Waals surface area contributed by atoms with Gasteiger partial charge in [-0.2, -0.15) is 0 Å². The van der Waals surface area contributed by atoms with E-state index in [1.54, 1.807) is 6.26 Å². The van der Waals surface area contributed by atoms with Crippen LogP contribution in [-0.4, -0.2) is 22.9 Å². The lowest BCUT2D eigenvalue weighted by molar-refractivity contribution is -0.161. The summed E-state index contributed by atoms with van der Waals surface area (Å²) in [5, 5.41) is 13.3. The van der Waals surface area contributed by atoms with E-state index in [4.69, 9.17) is 4.42 Å². The van der Waals surface area contributed by atoms with Gasteiger partial charge in [-0.05, 0) is 97.5 Å². The average Bonchev–Trinajstić information content (AvgIpc) is 3.41. The number of ketones is 1. The van der Waals surface area contributed by atoms with Crippen molar-refractivity contribution in [2.75, 3.05) is 0 Å². The van der Waals surface area contributed by atoms with Crippen molar-refractivity contribution in [1.29, 1.82) is 0 Å². The molecule has 1 aromatic rings. The van der Waals surface area contributed by atoms with Gasteiger partial charge < -0.3 is 14.8 Å². The predicted octanol–water partition coefficient (Wildman–Crippen LogP) is 5.12. The fourth-order valence-electron chi connectivity index (χ4n) is 8.99. The third kappa shape index (κ3) is 3.88. The molecule has 4 fully saturated rings. The molecular weight excluding hydrogens is 414 g/mol. The molecule has 5 nitrogen and oxygen atoms in total. The first-order valence-electron chi connectivity index (χ1n) is 13.2. The number of hydrogen-bond acceptors (Lipinski definition) is 4. The molecule has 0 aromatic carbocycles. The van der Waals surface area contributed by atoms with Gasteiger partial charge in [-0.25, -0.2) is 0 Å². The number of amides is 1. The van der Waals surface area contributed by atoms with Crippen LogP contribution in [0.25, 0.3) is 0 Å². The Morgan fingerprint density at radius 2 is 1.94 bits per heavy atom. The van der Waals surface area contributed by atoms with Crippen molar-refractivity contribution in [3.63, 3.8) is 0 Å². The summed E-state index contributed by atoms with van der Waals surface area (Å²) in [6, 6.07) is 3.72. The summed E-state index contributed by atoms with van der Waals surface area (Å²) in [5.41, 5.74) is 0.351. The van der Waals surface area contributed by atoms with Crippen LogP contribution in [0.15, 0.2) is 22.8 Å². The van der Waals surface area contributed by atoms with Crippen molar-refractivity contribution in [2.24, 2.45) is 46.3 Å². The fraction of sp³-hybridized carbons (Fsp3) is 0.786. The Bertz CT molecular complexity index is 880. The average molecular weight is 456 g/mol. The van der Waals surface area contributed by atoms with Crippen molar-refractivity contribution >= 4 is 11.7 Å². The van der Waals surface area contributed by atoms with Gasteiger partial charge in [0.2, 0.25) is 5.91 Å². The first-order chi connectivity index (χ1) is 15.7. The Kier molecular flexibility index (Phi) is 5.99. The Morgan fingerprint density at radius 3 is 2.70 bits per heavy atom. The molecule has 182 valence electrons. The largest absolute Gasteiger partial charge is 0.467 e. The SMILES string of the molecule is C[C@H](CC(=O)NCc1ccco1)C1CC[C@H]2C3C(=O)CC4C[C@H](O)CCC4(C)[C@H]3CCC12C. The van der Waals surface area contributed by atoms with Gasteiger partial charge in [0.15, 0.2) is 0 Å². The van der Waals surface area contributed by atoms with Gasteiger partial charge in [0.25, 0.3) is 0 Å². The highest BCUT2D eigenvalue weighted by molar-refractivity contribution is 5.83. The number of Topliss-reactive ketones (excluding diaryl/α,β-unsaturated/α-hetero) is 1. The maximum Gasteiger partial charge on any atom is 0.220 e. The van der Waals surface area contributed by atoms with Crippen LogP contribution in [0.5, 0.6) is 0 Å². The monoisotopic (exact) mass is 455 g/mol. The summed E-state index contributed by atoms with van der Waals surface area (Å²) in [6.07, 6.45) is 9.90. The topological polar surface area (TPSA) is 79.5 Å². The van der Waals surface area contributed by atoms with Crippen LogP contribution in [0.4, 0.5) is 0 Å². The Balaban J connectivity index is 1.28. The van der Waals surface area contributed by atoms with E-state index < -0.39 is 0 Å². The number of aliphatic hydroxyl groups excluding tert-OH is 1. The summed E-state index contributed by atoms with van der Waals surface area (Å²) in [4.78, 5) is 26.2. The smallest absolute Gasteiger partial charge is 0.220 e. The number of aliphatic hydroxyl groups is 1. The second-order valence-corrected chi connectivity index (χ2v) is 12.3. The highest BCUT2D eigenvalue weighted by atomic mass is 16.3. The minimum absolute atomic E-state index is 0.0875. The minimum Gasteiger partial charge on any atom is -0.467 e. The molecule has 0 bridgehead atoms. The molecule has 4 aliphatic carbocycles. The first kappa shape index (κ1) is 23.1. The molecule has 0 saturated heterocycles. The molecule has 0 spiro atoms. The summed E-state index contributed by atoms with van der Waals surface area (Å²) >= 11 is 0. The Morgan fingerprint density at radius 1 is 1.18 bits per heavy atom. The van der Waals surface area contributed by atoms with E-state index in [0.29, 0.717) is 54.8 Å². The lowest BCUT2D eigenvalue weighted by atomic mass is 9.44. The van der Waals surface area contributed by atoms with Crippen molar-refractivity contribution in [1.82, 2.24) is 5.32 Å². The molecule has 5 rings (SSSR count). The highest BCUT2D eigenvalue weighted by Crippen LogP contribution is 2.67. The number of carbonyl (C=O) groups is 2. The highest BCUT2D eigenvalue weighted by Gasteiger charge is 2.63. The van der Waals surface area contributed by atoms with Crippen LogP contribution >= 0.6 is 0 Å². The zero-order chi connectivity index (χ0) is 23.4. The first-order valence-corrected chi connectivity index (χ1v) is 13.2. The lowest BCUT2D eigenvalue weighted by Gasteiger charge is -2.60. The maximum absolute atomic E-state index is 13.5. The van der Waals surface area contributed by atoms with Gasteiger partial charge in [0, 0.05) is 18.8 Å². The molecule has 1 aromatic heterocycles. The molecule has 33 heavy (non-hydrogen) atoms. The molecule has 5 unspecified atom stereocenters. The van der Waals surface area contributed by atoms with Gasteiger partial charge in [-0.3, -0.25) is 9.59 Å².